The van der Waals surface area contributed by atoms with Crippen molar-refractivity contribution in [3.05, 3.63) is 29.6 Å². The van der Waals surface area contributed by atoms with Crippen LogP contribution < -0.4 is 10.1 Å². The van der Waals surface area contributed by atoms with Crippen LogP contribution in [-0.4, -0.2) is 18.1 Å². The van der Waals surface area contributed by atoms with Crippen molar-refractivity contribution in [1.29, 1.82) is 0 Å². The maximum absolute atomic E-state index is 5.44. The van der Waals surface area contributed by atoms with Gasteiger partial charge in [-0.05, 0) is 37.1 Å². The van der Waals surface area contributed by atoms with Crippen LogP contribution in [0, 0.1) is 5.92 Å². The quantitative estimate of drug-likeness (QED) is 0.855. The third kappa shape index (κ3) is 3.96. The third-order valence-electron chi connectivity index (χ3n) is 2.63. The molecule has 0 aliphatic rings. The molecule has 0 unspecified atom stereocenters. The van der Waals surface area contributed by atoms with Gasteiger partial charge in [0.15, 0.2) is 5.13 Å². The van der Waals surface area contributed by atoms with Crippen molar-refractivity contribution in [2.45, 2.75) is 20.8 Å². The van der Waals surface area contributed by atoms with Gasteiger partial charge in [0.2, 0.25) is 0 Å². The molecule has 0 fully saturated rings. The normalized spacial score (nSPS) is 10.7. The molecule has 1 aromatic carbocycles. The number of ether oxygens (including phenoxy) is 1. The van der Waals surface area contributed by atoms with Crippen LogP contribution in [-0.2, 0) is 0 Å². The van der Waals surface area contributed by atoms with Crippen LogP contribution in [0.15, 0.2) is 29.6 Å². The predicted octanol–water partition coefficient (Wildman–Crippen LogP) is 4.28. The Morgan fingerprint density at radius 3 is 2.63 bits per heavy atom. The van der Waals surface area contributed by atoms with Gasteiger partial charge in [0.25, 0.3) is 0 Å². The van der Waals surface area contributed by atoms with Gasteiger partial charge in [-0.1, -0.05) is 13.8 Å². The summed E-state index contributed by atoms with van der Waals surface area (Å²) in [5, 5.41) is 6.41. The standard InChI is InChI=1S/C15H20N2OS/c1-4-18-13-7-5-12(6-8-13)14-10-19-15(17-14)16-9-11(2)3/h5-8,10-11H,4,9H2,1-3H3,(H,16,17). The molecule has 2 rings (SSSR count). The van der Waals surface area contributed by atoms with Crippen LogP contribution in [0.2, 0.25) is 0 Å². The van der Waals surface area contributed by atoms with E-state index in [1.54, 1.807) is 11.3 Å². The molecule has 1 N–H and O–H groups in total. The third-order valence-corrected chi connectivity index (χ3v) is 3.43. The number of hydrogen-bond donors (Lipinski definition) is 1. The molecule has 102 valence electrons. The molecule has 0 aliphatic heterocycles. The smallest absolute Gasteiger partial charge is 0.183 e. The lowest BCUT2D eigenvalue weighted by Crippen LogP contribution is -2.07. The van der Waals surface area contributed by atoms with E-state index in [-0.39, 0.29) is 0 Å². The molecular weight excluding hydrogens is 256 g/mol. The van der Waals surface area contributed by atoms with E-state index in [1.165, 1.54) is 0 Å². The Morgan fingerprint density at radius 1 is 1.26 bits per heavy atom. The molecule has 1 aromatic heterocycles. The van der Waals surface area contributed by atoms with Gasteiger partial charge >= 0.3 is 0 Å². The van der Waals surface area contributed by atoms with Crippen LogP contribution in [0.25, 0.3) is 11.3 Å². The fourth-order valence-electron chi connectivity index (χ4n) is 1.67. The predicted molar refractivity (Wildman–Crippen MR) is 82.0 cm³/mol. The lowest BCUT2D eigenvalue weighted by Gasteiger charge is -2.05. The largest absolute Gasteiger partial charge is 0.494 e. The first-order chi connectivity index (χ1) is 9.19. The number of hydrogen-bond acceptors (Lipinski definition) is 4. The van der Waals surface area contributed by atoms with Crippen molar-refractivity contribution >= 4 is 16.5 Å². The van der Waals surface area contributed by atoms with E-state index >= 15 is 0 Å². The highest BCUT2D eigenvalue weighted by Gasteiger charge is 2.05. The Bertz CT molecular complexity index is 505. The molecule has 0 radical (unpaired) electrons. The molecular formula is C15H20N2OS. The van der Waals surface area contributed by atoms with Crippen molar-refractivity contribution in [3.8, 4) is 17.0 Å². The van der Waals surface area contributed by atoms with Crippen molar-refractivity contribution in [2.24, 2.45) is 5.92 Å². The first-order valence-electron chi connectivity index (χ1n) is 6.61. The average Bonchev–Trinajstić information content (AvgIpc) is 2.86. The van der Waals surface area contributed by atoms with Gasteiger partial charge in [-0.3, -0.25) is 0 Å². The Morgan fingerprint density at radius 2 is 2.00 bits per heavy atom. The monoisotopic (exact) mass is 276 g/mol. The van der Waals surface area contributed by atoms with E-state index < -0.39 is 0 Å². The molecule has 0 saturated heterocycles. The van der Waals surface area contributed by atoms with Gasteiger partial charge < -0.3 is 10.1 Å². The second kappa shape index (κ2) is 6.57. The first kappa shape index (κ1) is 13.9. The summed E-state index contributed by atoms with van der Waals surface area (Å²) in [6, 6.07) is 8.07. The Hall–Kier alpha value is -1.55. The highest BCUT2D eigenvalue weighted by Crippen LogP contribution is 2.26. The lowest BCUT2D eigenvalue weighted by atomic mass is 10.2. The topological polar surface area (TPSA) is 34.1 Å². The molecule has 2 aromatic rings. The highest BCUT2D eigenvalue weighted by molar-refractivity contribution is 7.14. The number of aromatic nitrogens is 1. The average molecular weight is 276 g/mol. The molecule has 1 heterocycles. The van der Waals surface area contributed by atoms with Crippen molar-refractivity contribution in [3.63, 3.8) is 0 Å². The minimum Gasteiger partial charge on any atom is -0.494 e. The molecule has 19 heavy (non-hydrogen) atoms. The Balaban J connectivity index is 2.05. The van der Waals surface area contributed by atoms with Crippen LogP contribution in [0.1, 0.15) is 20.8 Å². The summed E-state index contributed by atoms with van der Waals surface area (Å²) >= 11 is 1.65. The van der Waals surface area contributed by atoms with Gasteiger partial charge in [0.05, 0.1) is 12.3 Å². The summed E-state index contributed by atoms with van der Waals surface area (Å²) in [5.74, 6) is 1.53. The van der Waals surface area contributed by atoms with Gasteiger partial charge in [0.1, 0.15) is 5.75 Å². The summed E-state index contributed by atoms with van der Waals surface area (Å²) < 4.78 is 5.44. The summed E-state index contributed by atoms with van der Waals surface area (Å²) in [5.41, 5.74) is 2.14. The highest BCUT2D eigenvalue weighted by atomic mass is 32.1. The number of nitrogens with one attached hydrogen (secondary N) is 1. The van der Waals surface area contributed by atoms with E-state index in [2.05, 4.69) is 29.5 Å². The van der Waals surface area contributed by atoms with Crippen LogP contribution in [0.4, 0.5) is 5.13 Å². The molecule has 4 heteroatoms. The van der Waals surface area contributed by atoms with E-state index in [0.717, 1.165) is 28.7 Å². The van der Waals surface area contributed by atoms with E-state index in [9.17, 15) is 0 Å². The van der Waals surface area contributed by atoms with E-state index in [4.69, 9.17) is 4.74 Å². The number of nitrogens with zero attached hydrogens (tertiary/aromatic N) is 1. The Labute approximate surface area is 118 Å². The molecule has 3 nitrogen and oxygen atoms in total. The van der Waals surface area contributed by atoms with Crippen molar-refractivity contribution in [1.82, 2.24) is 4.98 Å². The minimum absolute atomic E-state index is 0.623. The van der Waals surface area contributed by atoms with Crippen molar-refractivity contribution in [2.75, 3.05) is 18.5 Å². The fourth-order valence-corrected chi connectivity index (χ4v) is 2.40. The molecule has 0 saturated carbocycles. The van der Waals surface area contributed by atoms with Crippen LogP contribution in [0.3, 0.4) is 0 Å². The lowest BCUT2D eigenvalue weighted by molar-refractivity contribution is 0.340. The zero-order chi connectivity index (χ0) is 13.7. The zero-order valence-corrected chi connectivity index (χ0v) is 12.5. The van der Waals surface area contributed by atoms with E-state index in [1.807, 2.05) is 31.2 Å². The van der Waals surface area contributed by atoms with E-state index in [0.29, 0.717) is 12.5 Å². The van der Waals surface area contributed by atoms with Gasteiger partial charge in [-0.15, -0.1) is 11.3 Å². The molecule has 0 amide bonds. The molecule has 0 spiro atoms. The second-order valence-electron chi connectivity index (χ2n) is 4.77. The number of thiazole rings is 1. The SMILES string of the molecule is CCOc1ccc(-c2csc(NCC(C)C)n2)cc1. The number of benzene rings is 1. The summed E-state index contributed by atoms with van der Waals surface area (Å²) in [7, 11) is 0. The maximum Gasteiger partial charge on any atom is 0.183 e. The fraction of sp³-hybridized carbons (Fsp3) is 0.400. The minimum atomic E-state index is 0.623. The zero-order valence-electron chi connectivity index (χ0n) is 11.6. The van der Waals surface area contributed by atoms with Gasteiger partial charge in [-0.25, -0.2) is 4.98 Å². The summed E-state index contributed by atoms with van der Waals surface area (Å²) in [6.07, 6.45) is 0. The van der Waals surface area contributed by atoms with Gasteiger partial charge in [0, 0.05) is 17.5 Å². The summed E-state index contributed by atoms with van der Waals surface area (Å²) in [4.78, 5) is 4.59. The maximum atomic E-state index is 5.44. The molecule has 0 bridgehead atoms. The first-order valence-corrected chi connectivity index (χ1v) is 7.49. The van der Waals surface area contributed by atoms with Gasteiger partial charge in [-0.2, -0.15) is 0 Å². The number of rotatable bonds is 6. The van der Waals surface area contributed by atoms with Crippen molar-refractivity contribution < 1.29 is 4.74 Å². The van der Waals surface area contributed by atoms with Crippen LogP contribution in [0.5, 0.6) is 5.75 Å². The van der Waals surface area contributed by atoms with Crippen LogP contribution >= 0.6 is 11.3 Å². The Kier molecular flexibility index (Phi) is 4.80. The summed E-state index contributed by atoms with van der Waals surface area (Å²) in [6.45, 7) is 8.01. The molecule has 0 aliphatic carbocycles. The molecule has 0 atom stereocenters. The second-order valence-corrected chi connectivity index (χ2v) is 5.63. The number of anilines is 1.